The number of nitrogens with zero attached hydrogens (tertiary/aromatic N) is 2. The van der Waals surface area contributed by atoms with Crippen molar-refractivity contribution in [3.63, 3.8) is 0 Å². The number of rotatable bonds is 5. The van der Waals surface area contributed by atoms with Crippen molar-refractivity contribution in [3.8, 4) is 5.75 Å². The number of sulfone groups is 1. The quantitative estimate of drug-likeness (QED) is 0.466. The maximum absolute atomic E-state index is 12.2. The van der Waals surface area contributed by atoms with Crippen molar-refractivity contribution in [3.05, 3.63) is 46.7 Å². The fourth-order valence-electron chi connectivity index (χ4n) is 1.82. The average Bonchev–Trinajstić information content (AvgIpc) is 2.49. The lowest BCUT2D eigenvalue weighted by atomic mass is 10.2. The van der Waals surface area contributed by atoms with Crippen LogP contribution in [0, 0.1) is 6.92 Å². The summed E-state index contributed by atoms with van der Waals surface area (Å²) in [5.74, 6) is -0.592. The zero-order valence-corrected chi connectivity index (χ0v) is 14.2. The van der Waals surface area contributed by atoms with Crippen LogP contribution in [0.2, 0.25) is 5.02 Å². The summed E-state index contributed by atoms with van der Waals surface area (Å²) in [5, 5.41) is -0.500. The first kappa shape index (κ1) is 17.4. The first-order valence-electron chi connectivity index (χ1n) is 6.88. The topological polar surface area (TPSA) is 86.2 Å². The fraction of sp³-hybridized carbons (Fsp3) is 0.267. The second kappa shape index (κ2) is 7.06. The van der Waals surface area contributed by atoms with Gasteiger partial charge in [0.15, 0.2) is 5.69 Å². The van der Waals surface area contributed by atoms with Crippen LogP contribution in [0.25, 0.3) is 0 Å². The number of carbonyl (C=O) groups excluding carboxylic acids is 1. The lowest BCUT2D eigenvalue weighted by molar-refractivity contribution is 0.0726. The van der Waals surface area contributed by atoms with E-state index in [1.807, 2.05) is 0 Å². The molecule has 122 valence electrons. The minimum absolute atomic E-state index is 0.0703. The van der Waals surface area contributed by atoms with Crippen molar-refractivity contribution in [1.82, 2.24) is 9.97 Å². The molecule has 1 aromatic heterocycles. The second-order valence-electron chi connectivity index (χ2n) is 4.82. The molecule has 0 atom stereocenters. The van der Waals surface area contributed by atoms with Gasteiger partial charge >= 0.3 is 5.97 Å². The zero-order chi connectivity index (χ0) is 17.0. The molecule has 8 heteroatoms. The third kappa shape index (κ3) is 4.05. The van der Waals surface area contributed by atoms with E-state index in [1.165, 1.54) is 0 Å². The van der Waals surface area contributed by atoms with E-state index >= 15 is 0 Å². The summed E-state index contributed by atoms with van der Waals surface area (Å²) in [6.45, 7) is 3.50. The lowest BCUT2D eigenvalue weighted by Crippen LogP contribution is -2.17. The summed E-state index contributed by atoms with van der Waals surface area (Å²) in [5.41, 5.74) is 0.476. The van der Waals surface area contributed by atoms with Crippen LogP contribution >= 0.6 is 11.6 Å². The van der Waals surface area contributed by atoms with Crippen LogP contribution in [-0.4, -0.2) is 30.1 Å². The summed E-state index contributed by atoms with van der Waals surface area (Å²) < 4.78 is 29.3. The maximum atomic E-state index is 12.2. The molecule has 0 spiro atoms. The van der Waals surface area contributed by atoms with E-state index in [0.717, 1.165) is 11.8 Å². The number of esters is 1. The predicted molar refractivity (Wildman–Crippen MR) is 85.5 cm³/mol. The van der Waals surface area contributed by atoms with E-state index in [9.17, 15) is 13.2 Å². The summed E-state index contributed by atoms with van der Waals surface area (Å²) in [6, 6.07) is 6.92. The van der Waals surface area contributed by atoms with Crippen LogP contribution in [-0.2, 0) is 9.84 Å². The number of benzene rings is 1. The molecule has 0 unspecified atom stereocenters. The largest absolute Gasteiger partial charge is 0.421 e. The van der Waals surface area contributed by atoms with Gasteiger partial charge in [-0.05, 0) is 25.0 Å². The molecule has 0 saturated heterocycles. The van der Waals surface area contributed by atoms with Gasteiger partial charge in [-0.2, -0.15) is 0 Å². The van der Waals surface area contributed by atoms with Crippen LogP contribution in [0.5, 0.6) is 5.75 Å². The van der Waals surface area contributed by atoms with Crippen LogP contribution in [0.3, 0.4) is 0 Å². The van der Waals surface area contributed by atoms with E-state index in [1.54, 1.807) is 38.1 Å². The van der Waals surface area contributed by atoms with Gasteiger partial charge in [0.05, 0.1) is 17.0 Å². The van der Waals surface area contributed by atoms with E-state index in [0.29, 0.717) is 12.2 Å². The summed E-state index contributed by atoms with van der Waals surface area (Å²) in [6.07, 6.45) is 1.50. The average molecular weight is 355 g/mol. The van der Waals surface area contributed by atoms with Crippen LogP contribution < -0.4 is 4.74 Å². The fourth-order valence-corrected chi connectivity index (χ4v) is 3.16. The number of hydrogen-bond acceptors (Lipinski definition) is 6. The smallest absolute Gasteiger partial charge is 0.364 e. The third-order valence-corrected chi connectivity index (χ3v) is 4.94. The molecule has 0 aliphatic rings. The number of ether oxygens (including phenoxy) is 1. The van der Waals surface area contributed by atoms with Gasteiger partial charge in [0.25, 0.3) is 0 Å². The van der Waals surface area contributed by atoms with Crippen LogP contribution in [0.1, 0.15) is 29.4 Å². The normalized spacial score (nSPS) is 11.3. The van der Waals surface area contributed by atoms with Gasteiger partial charge in [-0.15, -0.1) is 0 Å². The highest BCUT2D eigenvalue weighted by Crippen LogP contribution is 2.21. The van der Waals surface area contributed by atoms with Gasteiger partial charge in [-0.1, -0.05) is 36.7 Å². The third-order valence-electron chi connectivity index (χ3n) is 2.96. The van der Waals surface area contributed by atoms with Gasteiger partial charge in [0.1, 0.15) is 5.75 Å². The molecule has 0 saturated carbocycles. The number of aryl methyl sites for hydroxylation is 1. The first-order chi connectivity index (χ1) is 10.8. The molecule has 2 aromatic rings. The minimum Gasteiger partial charge on any atom is -0.421 e. The van der Waals surface area contributed by atoms with Crippen molar-refractivity contribution < 1.29 is 17.9 Å². The highest BCUT2D eigenvalue weighted by Gasteiger charge is 2.23. The van der Waals surface area contributed by atoms with Crippen molar-refractivity contribution in [1.29, 1.82) is 0 Å². The first-order valence-corrected chi connectivity index (χ1v) is 8.91. The Balaban J connectivity index is 2.36. The Morgan fingerprint density at radius 3 is 2.65 bits per heavy atom. The molecule has 1 aromatic carbocycles. The Kier molecular flexibility index (Phi) is 5.33. The van der Waals surface area contributed by atoms with Crippen molar-refractivity contribution in [2.24, 2.45) is 0 Å². The SMILES string of the molecule is CCCS(=O)(=O)c1ncc(Cl)c(C(=O)Oc2ccccc2C)n1. The highest BCUT2D eigenvalue weighted by atomic mass is 35.5. The summed E-state index contributed by atoms with van der Waals surface area (Å²) in [7, 11) is -3.65. The molecule has 0 N–H and O–H groups in total. The molecule has 1 heterocycles. The number of halogens is 1. The molecule has 0 aliphatic heterocycles. The standard InChI is InChI=1S/C15H15ClN2O4S/c1-3-8-23(20,21)15-17-9-11(16)13(18-15)14(19)22-12-7-5-4-6-10(12)2/h4-7,9H,3,8H2,1-2H3. The van der Waals surface area contributed by atoms with E-state index in [2.05, 4.69) is 9.97 Å². The number of hydrogen-bond donors (Lipinski definition) is 0. The van der Waals surface area contributed by atoms with E-state index in [4.69, 9.17) is 16.3 Å². The Bertz CT molecular complexity index is 837. The van der Waals surface area contributed by atoms with Crippen molar-refractivity contribution in [2.75, 3.05) is 5.75 Å². The Morgan fingerprint density at radius 1 is 1.30 bits per heavy atom. The monoisotopic (exact) mass is 354 g/mol. The highest BCUT2D eigenvalue weighted by molar-refractivity contribution is 7.91. The van der Waals surface area contributed by atoms with Gasteiger partial charge in [0.2, 0.25) is 15.0 Å². The molecule has 0 bridgehead atoms. The van der Waals surface area contributed by atoms with Crippen LogP contribution in [0.4, 0.5) is 0 Å². The number of carbonyl (C=O) groups is 1. The molecular weight excluding hydrogens is 340 g/mol. The maximum Gasteiger partial charge on any atom is 0.364 e. The number of aromatic nitrogens is 2. The van der Waals surface area contributed by atoms with E-state index < -0.39 is 21.0 Å². The number of para-hydroxylation sites is 1. The van der Waals surface area contributed by atoms with Crippen LogP contribution in [0.15, 0.2) is 35.6 Å². The molecule has 0 amide bonds. The van der Waals surface area contributed by atoms with Gasteiger partial charge in [-0.3, -0.25) is 0 Å². The minimum atomic E-state index is -3.65. The molecule has 0 radical (unpaired) electrons. The Morgan fingerprint density at radius 2 is 2.00 bits per heavy atom. The summed E-state index contributed by atoms with van der Waals surface area (Å²) >= 11 is 5.90. The molecule has 0 fully saturated rings. The molecule has 6 nitrogen and oxygen atoms in total. The van der Waals surface area contributed by atoms with Gasteiger partial charge in [-0.25, -0.2) is 23.2 Å². The van der Waals surface area contributed by atoms with Gasteiger partial charge < -0.3 is 4.74 Å². The molecule has 23 heavy (non-hydrogen) atoms. The molecule has 0 aliphatic carbocycles. The molecule has 2 rings (SSSR count). The lowest BCUT2D eigenvalue weighted by Gasteiger charge is -2.08. The van der Waals surface area contributed by atoms with Crippen molar-refractivity contribution in [2.45, 2.75) is 25.4 Å². The predicted octanol–water partition coefficient (Wildman–Crippen LogP) is 2.84. The summed E-state index contributed by atoms with van der Waals surface area (Å²) in [4.78, 5) is 19.7. The zero-order valence-electron chi connectivity index (χ0n) is 12.6. The Hall–Kier alpha value is -1.99. The van der Waals surface area contributed by atoms with Crippen molar-refractivity contribution >= 4 is 27.4 Å². The molecular formula is C15H15ClN2O4S. The van der Waals surface area contributed by atoms with Gasteiger partial charge in [0, 0.05) is 0 Å². The Labute approximate surface area is 139 Å². The van der Waals surface area contributed by atoms with E-state index in [-0.39, 0.29) is 16.5 Å². The second-order valence-corrected chi connectivity index (χ2v) is 7.23.